The van der Waals surface area contributed by atoms with E-state index < -0.39 is 11.7 Å². The summed E-state index contributed by atoms with van der Waals surface area (Å²) in [6, 6.07) is 7.54. The normalized spacial score (nSPS) is 10.8. The molecule has 1 rings (SSSR count). The van der Waals surface area contributed by atoms with Crippen LogP contribution in [0.5, 0.6) is 0 Å². The lowest BCUT2D eigenvalue weighted by Crippen LogP contribution is -2.25. The molecular formula is C13H13FN2O. The van der Waals surface area contributed by atoms with Gasteiger partial charge in [0, 0.05) is 6.54 Å². The second-order valence-electron chi connectivity index (χ2n) is 3.48. The Hall–Kier alpha value is -2.15. The third kappa shape index (κ3) is 4.07. The Morgan fingerprint density at radius 2 is 2.35 bits per heavy atom. The van der Waals surface area contributed by atoms with Crippen LogP contribution < -0.4 is 5.32 Å². The molecule has 0 aromatic heterocycles. The Labute approximate surface area is 99.6 Å². The summed E-state index contributed by atoms with van der Waals surface area (Å²) >= 11 is 0. The zero-order valence-corrected chi connectivity index (χ0v) is 9.53. The van der Waals surface area contributed by atoms with E-state index in [1.165, 1.54) is 24.3 Å². The number of carbonyl (C=O) groups excluding carboxylic acids is 1. The third-order valence-electron chi connectivity index (χ3n) is 2.06. The minimum atomic E-state index is -0.432. The molecule has 4 heteroatoms. The molecule has 0 aliphatic rings. The predicted molar refractivity (Wildman–Crippen MR) is 63.3 cm³/mol. The molecule has 17 heavy (non-hydrogen) atoms. The first-order valence-corrected chi connectivity index (χ1v) is 5.33. The molecule has 1 aromatic carbocycles. The van der Waals surface area contributed by atoms with Gasteiger partial charge < -0.3 is 5.32 Å². The first-order valence-electron chi connectivity index (χ1n) is 5.33. The highest BCUT2D eigenvalue weighted by Crippen LogP contribution is 2.08. The molecule has 3 nitrogen and oxygen atoms in total. The van der Waals surface area contributed by atoms with Gasteiger partial charge in [0.1, 0.15) is 17.5 Å². The van der Waals surface area contributed by atoms with Gasteiger partial charge in [-0.05, 0) is 30.2 Å². The molecule has 88 valence electrons. The fourth-order valence-corrected chi connectivity index (χ4v) is 1.25. The zero-order valence-electron chi connectivity index (χ0n) is 9.53. The lowest BCUT2D eigenvalue weighted by Gasteiger charge is -2.01. The highest BCUT2D eigenvalue weighted by molar-refractivity contribution is 6.01. The van der Waals surface area contributed by atoms with Gasteiger partial charge in [0.25, 0.3) is 5.91 Å². The van der Waals surface area contributed by atoms with Crippen LogP contribution in [0.4, 0.5) is 4.39 Å². The highest BCUT2D eigenvalue weighted by Gasteiger charge is 2.07. The van der Waals surface area contributed by atoms with Gasteiger partial charge in [0.05, 0.1) is 0 Å². The van der Waals surface area contributed by atoms with E-state index >= 15 is 0 Å². The van der Waals surface area contributed by atoms with Crippen molar-refractivity contribution < 1.29 is 9.18 Å². The maximum Gasteiger partial charge on any atom is 0.261 e. The van der Waals surface area contributed by atoms with E-state index in [-0.39, 0.29) is 5.57 Å². The predicted octanol–water partition coefficient (Wildman–Crippen LogP) is 2.26. The van der Waals surface area contributed by atoms with Crippen LogP contribution in [0.2, 0.25) is 0 Å². The Morgan fingerprint density at radius 3 is 2.94 bits per heavy atom. The van der Waals surface area contributed by atoms with E-state index in [1.54, 1.807) is 12.1 Å². The molecule has 0 saturated heterocycles. The van der Waals surface area contributed by atoms with Gasteiger partial charge in [-0.25, -0.2) is 4.39 Å². The van der Waals surface area contributed by atoms with Crippen molar-refractivity contribution in [2.75, 3.05) is 6.54 Å². The standard InChI is InChI=1S/C13H13FN2O/c1-2-6-16-13(17)11(9-15)7-10-4-3-5-12(14)8-10/h3-5,7-8H,2,6H2,1H3,(H,16,17)/b11-7-. The molecule has 0 unspecified atom stereocenters. The Balaban J connectivity index is 2.87. The quantitative estimate of drug-likeness (QED) is 0.639. The van der Waals surface area contributed by atoms with Crippen molar-refractivity contribution in [3.05, 3.63) is 41.2 Å². The molecule has 0 aliphatic heterocycles. The number of nitriles is 1. The Kier molecular flexibility index (Phi) is 4.89. The summed E-state index contributed by atoms with van der Waals surface area (Å²) in [5, 5.41) is 11.4. The molecule has 0 radical (unpaired) electrons. The van der Waals surface area contributed by atoms with Crippen LogP contribution in [-0.4, -0.2) is 12.5 Å². The van der Waals surface area contributed by atoms with Gasteiger partial charge in [-0.1, -0.05) is 19.1 Å². The third-order valence-corrected chi connectivity index (χ3v) is 2.06. The number of amides is 1. The maximum atomic E-state index is 12.9. The van der Waals surface area contributed by atoms with Gasteiger partial charge in [-0.2, -0.15) is 5.26 Å². The minimum absolute atomic E-state index is 0.0240. The highest BCUT2D eigenvalue weighted by atomic mass is 19.1. The second kappa shape index (κ2) is 6.44. The van der Waals surface area contributed by atoms with Crippen LogP contribution in [0, 0.1) is 17.1 Å². The summed E-state index contributed by atoms with van der Waals surface area (Å²) in [5.74, 6) is -0.830. The number of hydrogen-bond donors (Lipinski definition) is 1. The van der Waals surface area contributed by atoms with Crippen molar-refractivity contribution in [3.8, 4) is 6.07 Å². The summed E-state index contributed by atoms with van der Waals surface area (Å²) in [7, 11) is 0. The van der Waals surface area contributed by atoms with Crippen molar-refractivity contribution >= 4 is 12.0 Å². The van der Waals surface area contributed by atoms with Crippen LogP contribution in [0.25, 0.3) is 6.08 Å². The van der Waals surface area contributed by atoms with E-state index in [1.807, 2.05) is 6.92 Å². The fourth-order valence-electron chi connectivity index (χ4n) is 1.25. The Morgan fingerprint density at radius 1 is 1.59 bits per heavy atom. The average molecular weight is 232 g/mol. The molecule has 0 fully saturated rings. The van der Waals surface area contributed by atoms with Crippen molar-refractivity contribution in [3.63, 3.8) is 0 Å². The van der Waals surface area contributed by atoms with Gasteiger partial charge >= 0.3 is 0 Å². The van der Waals surface area contributed by atoms with E-state index in [9.17, 15) is 9.18 Å². The molecular weight excluding hydrogens is 219 g/mol. The number of nitrogens with zero attached hydrogens (tertiary/aromatic N) is 1. The molecule has 0 saturated carbocycles. The lowest BCUT2D eigenvalue weighted by molar-refractivity contribution is -0.117. The number of benzene rings is 1. The van der Waals surface area contributed by atoms with Crippen LogP contribution in [0.15, 0.2) is 29.8 Å². The molecule has 1 N–H and O–H groups in total. The summed E-state index contributed by atoms with van der Waals surface area (Å²) in [6.07, 6.45) is 2.17. The monoisotopic (exact) mass is 232 g/mol. The van der Waals surface area contributed by atoms with E-state index in [2.05, 4.69) is 5.32 Å². The topological polar surface area (TPSA) is 52.9 Å². The number of nitrogens with one attached hydrogen (secondary N) is 1. The zero-order chi connectivity index (χ0) is 12.7. The SMILES string of the molecule is CCCNC(=O)/C(C#N)=C\c1cccc(F)c1. The van der Waals surface area contributed by atoms with Crippen LogP contribution in [0.1, 0.15) is 18.9 Å². The molecule has 1 amide bonds. The molecule has 0 heterocycles. The fraction of sp³-hybridized carbons (Fsp3) is 0.231. The van der Waals surface area contributed by atoms with Crippen LogP contribution in [-0.2, 0) is 4.79 Å². The lowest BCUT2D eigenvalue weighted by atomic mass is 10.1. The molecule has 0 bridgehead atoms. The second-order valence-corrected chi connectivity index (χ2v) is 3.48. The first kappa shape index (κ1) is 12.9. The Bertz CT molecular complexity index is 475. The number of carbonyl (C=O) groups is 1. The summed E-state index contributed by atoms with van der Waals surface area (Å²) < 4.78 is 12.9. The summed E-state index contributed by atoms with van der Waals surface area (Å²) in [5.41, 5.74) is 0.470. The smallest absolute Gasteiger partial charge is 0.261 e. The van der Waals surface area contributed by atoms with E-state index in [4.69, 9.17) is 5.26 Å². The molecule has 0 atom stereocenters. The van der Waals surface area contributed by atoms with Crippen molar-refractivity contribution in [1.82, 2.24) is 5.32 Å². The van der Waals surface area contributed by atoms with Gasteiger partial charge in [-0.3, -0.25) is 4.79 Å². The van der Waals surface area contributed by atoms with E-state index in [0.717, 1.165) is 6.42 Å². The summed E-state index contributed by atoms with van der Waals surface area (Å²) in [6.45, 7) is 2.43. The maximum absolute atomic E-state index is 12.9. The number of rotatable bonds is 4. The number of halogens is 1. The van der Waals surface area contributed by atoms with Gasteiger partial charge in [0.2, 0.25) is 0 Å². The van der Waals surface area contributed by atoms with E-state index in [0.29, 0.717) is 12.1 Å². The van der Waals surface area contributed by atoms with Gasteiger partial charge in [-0.15, -0.1) is 0 Å². The summed E-state index contributed by atoms with van der Waals surface area (Å²) in [4.78, 5) is 11.5. The van der Waals surface area contributed by atoms with Crippen molar-refractivity contribution in [2.24, 2.45) is 0 Å². The van der Waals surface area contributed by atoms with Crippen molar-refractivity contribution in [1.29, 1.82) is 5.26 Å². The molecule has 1 aromatic rings. The first-order chi connectivity index (χ1) is 8.17. The minimum Gasteiger partial charge on any atom is -0.351 e. The van der Waals surface area contributed by atoms with Gasteiger partial charge in [0.15, 0.2) is 0 Å². The van der Waals surface area contributed by atoms with Crippen LogP contribution >= 0.6 is 0 Å². The average Bonchev–Trinajstić information content (AvgIpc) is 2.33. The van der Waals surface area contributed by atoms with Crippen LogP contribution in [0.3, 0.4) is 0 Å². The molecule has 0 spiro atoms. The van der Waals surface area contributed by atoms with Crippen molar-refractivity contribution in [2.45, 2.75) is 13.3 Å². The molecule has 0 aliphatic carbocycles. The largest absolute Gasteiger partial charge is 0.351 e. The number of hydrogen-bond acceptors (Lipinski definition) is 2.